The van der Waals surface area contributed by atoms with Gasteiger partial charge in [-0.15, -0.1) is 0 Å². The van der Waals surface area contributed by atoms with Crippen LogP contribution >= 0.6 is 0 Å². The molecule has 0 saturated heterocycles. The quantitative estimate of drug-likeness (QED) is 0.0958. The summed E-state index contributed by atoms with van der Waals surface area (Å²) >= 11 is 0. The Morgan fingerprint density at radius 3 is 1.33 bits per heavy atom. The molecule has 0 heterocycles. The summed E-state index contributed by atoms with van der Waals surface area (Å²) in [5.41, 5.74) is 0. The van der Waals surface area contributed by atoms with E-state index < -0.39 is 0 Å². The van der Waals surface area contributed by atoms with Gasteiger partial charge in [0.05, 0.1) is 6.61 Å². The summed E-state index contributed by atoms with van der Waals surface area (Å²) < 4.78 is 0. The van der Waals surface area contributed by atoms with Crippen LogP contribution in [-0.4, -0.2) is 36.2 Å². The molecule has 1 atom stereocenters. The van der Waals surface area contributed by atoms with Crippen LogP contribution in [0.4, 0.5) is 0 Å². The Kier molecular flexibility index (Phi) is 32.3. The topological polar surface area (TPSA) is 23.5 Å². The van der Waals surface area contributed by atoms with Gasteiger partial charge in [0.1, 0.15) is 0 Å². The zero-order valence-electron chi connectivity index (χ0n) is 31.8. The minimum Gasteiger partial charge on any atom is -0.395 e. The second-order valence-electron chi connectivity index (χ2n) is 15.9. The first-order chi connectivity index (χ1) is 22.2. The molecule has 1 unspecified atom stereocenters. The first-order valence-electron chi connectivity index (χ1n) is 21.5. The van der Waals surface area contributed by atoms with Gasteiger partial charge < -0.3 is 10.0 Å². The third-order valence-electron chi connectivity index (χ3n) is 11.4. The summed E-state index contributed by atoms with van der Waals surface area (Å²) in [5.74, 6) is 2.83. The minimum absolute atomic E-state index is 0.317. The molecule has 0 aromatic rings. The highest BCUT2D eigenvalue weighted by atomic mass is 16.3. The highest BCUT2D eigenvalue weighted by molar-refractivity contribution is 4.65. The normalized spacial score (nSPS) is 17.5. The summed E-state index contributed by atoms with van der Waals surface area (Å²) in [6, 6.07) is 0. The van der Waals surface area contributed by atoms with Gasteiger partial charge in [-0.3, -0.25) is 0 Å². The molecule has 0 spiro atoms. The fraction of sp³-hybridized carbons (Fsp3) is 1.00. The lowest BCUT2D eigenvalue weighted by Crippen LogP contribution is -2.29. The largest absolute Gasteiger partial charge is 0.395 e. The van der Waals surface area contributed by atoms with Crippen molar-refractivity contribution in [1.82, 2.24) is 4.90 Å². The van der Waals surface area contributed by atoms with Crippen molar-refractivity contribution in [3.05, 3.63) is 0 Å². The molecule has 1 aliphatic rings. The molecule has 1 N–H and O–H groups in total. The molecule has 1 rings (SSSR count). The van der Waals surface area contributed by atoms with Crippen molar-refractivity contribution < 1.29 is 5.11 Å². The summed E-state index contributed by atoms with van der Waals surface area (Å²) in [4.78, 5) is 2.55. The standard InChI is InChI=1S/C43H87NO/c1-4-5-6-28-35-43(41(2)3)36-29-22-16-13-17-23-30-37-44(39-40-45)38-31-24-18-21-27-34-42-32-25-19-14-11-9-7-8-10-12-15-20-26-33-42/h41-43,45H,4-40H2,1-3H3. The second-order valence-corrected chi connectivity index (χ2v) is 15.9. The second kappa shape index (κ2) is 33.8. The van der Waals surface area contributed by atoms with E-state index in [9.17, 15) is 5.11 Å². The van der Waals surface area contributed by atoms with E-state index in [1.165, 1.54) is 225 Å². The van der Waals surface area contributed by atoms with Crippen LogP contribution in [0.1, 0.15) is 233 Å². The van der Waals surface area contributed by atoms with Crippen molar-refractivity contribution >= 4 is 0 Å². The first kappa shape index (κ1) is 42.9. The number of aliphatic hydroxyl groups is 1. The number of hydrogen-bond donors (Lipinski definition) is 1. The fourth-order valence-electron chi connectivity index (χ4n) is 8.11. The molecular formula is C43H87NO. The van der Waals surface area contributed by atoms with Crippen molar-refractivity contribution in [2.75, 3.05) is 26.2 Å². The maximum Gasteiger partial charge on any atom is 0.0558 e. The third-order valence-corrected chi connectivity index (χ3v) is 11.4. The molecule has 0 aliphatic heterocycles. The average molecular weight is 634 g/mol. The van der Waals surface area contributed by atoms with Gasteiger partial charge in [-0.05, 0) is 43.7 Å². The van der Waals surface area contributed by atoms with Crippen molar-refractivity contribution in [3.63, 3.8) is 0 Å². The maximum atomic E-state index is 9.60. The molecule has 45 heavy (non-hydrogen) atoms. The number of hydrogen-bond acceptors (Lipinski definition) is 2. The van der Waals surface area contributed by atoms with E-state index in [4.69, 9.17) is 0 Å². The zero-order valence-corrected chi connectivity index (χ0v) is 31.8. The Labute approximate surface area is 286 Å². The van der Waals surface area contributed by atoms with Crippen molar-refractivity contribution in [2.45, 2.75) is 233 Å². The first-order valence-corrected chi connectivity index (χ1v) is 21.5. The molecule has 0 radical (unpaired) electrons. The number of unbranched alkanes of at least 4 members (excludes halogenated alkanes) is 13. The van der Waals surface area contributed by atoms with Crippen LogP contribution in [0.15, 0.2) is 0 Å². The lowest BCUT2D eigenvalue weighted by atomic mass is 9.85. The number of aliphatic hydroxyl groups excluding tert-OH is 1. The molecule has 270 valence electrons. The highest BCUT2D eigenvalue weighted by Crippen LogP contribution is 2.27. The Morgan fingerprint density at radius 2 is 0.889 bits per heavy atom. The molecule has 1 fully saturated rings. The van der Waals surface area contributed by atoms with Gasteiger partial charge >= 0.3 is 0 Å². The van der Waals surface area contributed by atoms with Gasteiger partial charge in [0.15, 0.2) is 0 Å². The number of rotatable bonds is 26. The average Bonchev–Trinajstić information content (AvgIpc) is 3.04. The molecule has 0 bridgehead atoms. The van der Waals surface area contributed by atoms with E-state index in [2.05, 4.69) is 25.7 Å². The van der Waals surface area contributed by atoms with E-state index in [1.54, 1.807) is 0 Å². The molecular weight excluding hydrogens is 546 g/mol. The van der Waals surface area contributed by atoms with Crippen LogP contribution in [0.3, 0.4) is 0 Å². The maximum absolute atomic E-state index is 9.60. The summed E-state index contributed by atoms with van der Waals surface area (Å²) in [6.45, 7) is 10.8. The lowest BCUT2D eigenvalue weighted by Gasteiger charge is -2.21. The van der Waals surface area contributed by atoms with E-state index in [0.29, 0.717) is 6.61 Å². The number of nitrogens with zero attached hydrogens (tertiary/aromatic N) is 1. The summed E-state index contributed by atoms with van der Waals surface area (Å²) in [6.07, 6.45) is 47.8. The Hall–Kier alpha value is -0.0800. The van der Waals surface area contributed by atoms with E-state index in [0.717, 1.165) is 24.3 Å². The van der Waals surface area contributed by atoms with Crippen molar-refractivity contribution in [2.24, 2.45) is 17.8 Å². The van der Waals surface area contributed by atoms with Crippen molar-refractivity contribution in [3.8, 4) is 0 Å². The molecule has 0 aromatic heterocycles. The van der Waals surface area contributed by atoms with Crippen LogP contribution in [-0.2, 0) is 0 Å². The van der Waals surface area contributed by atoms with Crippen LogP contribution in [0.25, 0.3) is 0 Å². The predicted molar refractivity (Wildman–Crippen MR) is 203 cm³/mol. The van der Waals surface area contributed by atoms with Gasteiger partial charge in [0.25, 0.3) is 0 Å². The lowest BCUT2D eigenvalue weighted by molar-refractivity contribution is 0.190. The van der Waals surface area contributed by atoms with Gasteiger partial charge in [0, 0.05) is 6.54 Å². The van der Waals surface area contributed by atoms with Crippen LogP contribution in [0, 0.1) is 17.8 Å². The van der Waals surface area contributed by atoms with Gasteiger partial charge in [-0.1, -0.05) is 220 Å². The smallest absolute Gasteiger partial charge is 0.0558 e. The van der Waals surface area contributed by atoms with E-state index >= 15 is 0 Å². The zero-order chi connectivity index (χ0) is 32.5. The summed E-state index contributed by atoms with van der Waals surface area (Å²) in [5, 5.41) is 9.60. The van der Waals surface area contributed by atoms with Gasteiger partial charge in [-0.2, -0.15) is 0 Å². The van der Waals surface area contributed by atoms with Crippen LogP contribution in [0.5, 0.6) is 0 Å². The highest BCUT2D eigenvalue weighted by Gasteiger charge is 2.13. The van der Waals surface area contributed by atoms with Gasteiger partial charge in [-0.25, -0.2) is 0 Å². The molecule has 0 aromatic carbocycles. The minimum atomic E-state index is 0.317. The van der Waals surface area contributed by atoms with Crippen LogP contribution in [0.2, 0.25) is 0 Å². The SMILES string of the molecule is CCCCCCC(CCCCCCCCCN(CCO)CCCCCCCC1CCCCCCCCCCCCCC1)C(C)C. The molecule has 2 heteroatoms. The Balaban J connectivity index is 2.05. The van der Waals surface area contributed by atoms with Gasteiger partial charge in [0.2, 0.25) is 0 Å². The third kappa shape index (κ3) is 28.6. The Morgan fingerprint density at radius 1 is 0.489 bits per heavy atom. The molecule has 1 aliphatic carbocycles. The van der Waals surface area contributed by atoms with E-state index in [1.807, 2.05) is 0 Å². The van der Waals surface area contributed by atoms with E-state index in [-0.39, 0.29) is 0 Å². The fourth-order valence-corrected chi connectivity index (χ4v) is 8.11. The summed E-state index contributed by atoms with van der Waals surface area (Å²) in [7, 11) is 0. The van der Waals surface area contributed by atoms with Crippen molar-refractivity contribution in [1.29, 1.82) is 0 Å². The van der Waals surface area contributed by atoms with Crippen LogP contribution < -0.4 is 0 Å². The monoisotopic (exact) mass is 634 g/mol. The predicted octanol–water partition coefficient (Wildman–Crippen LogP) is 14.1. The molecule has 1 saturated carbocycles. The molecule has 0 amide bonds. The molecule has 2 nitrogen and oxygen atoms in total. The Bertz CT molecular complexity index is 546.